The highest BCUT2D eigenvalue weighted by molar-refractivity contribution is 9.10. The number of hydrogen-bond donors (Lipinski definition) is 2. The normalized spacial score (nSPS) is 10.3. The number of aryl methyl sites for hydroxylation is 2. The van der Waals surface area contributed by atoms with Crippen molar-refractivity contribution in [3.05, 3.63) is 56.5 Å². The Morgan fingerprint density at radius 3 is 2.62 bits per heavy atom. The first kappa shape index (κ1) is 18.3. The van der Waals surface area contributed by atoms with E-state index in [1.807, 2.05) is 19.9 Å². The Labute approximate surface area is 153 Å². The van der Waals surface area contributed by atoms with Crippen LogP contribution in [0.3, 0.4) is 0 Å². The monoisotopic (exact) mass is 410 g/mol. The molecule has 0 heterocycles. The number of carbonyl (C=O) groups excluding carboxylic acids is 2. The predicted molar refractivity (Wildman–Crippen MR) is 98.4 cm³/mol. The van der Waals surface area contributed by atoms with Crippen molar-refractivity contribution in [1.82, 2.24) is 0 Å². The third-order valence-electron chi connectivity index (χ3n) is 3.27. The third-order valence-corrected chi connectivity index (χ3v) is 4.06. The molecule has 0 unspecified atom stereocenters. The van der Waals surface area contributed by atoms with Gasteiger partial charge in [0, 0.05) is 10.2 Å². The maximum atomic E-state index is 12.0. The summed E-state index contributed by atoms with van der Waals surface area (Å²) >= 11 is 9.38. The van der Waals surface area contributed by atoms with Gasteiger partial charge in [0.25, 0.3) is 5.91 Å². The fourth-order valence-electron chi connectivity index (χ4n) is 2.16. The van der Waals surface area contributed by atoms with E-state index in [1.54, 1.807) is 18.2 Å². The van der Waals surface area contributed by atoms with Crippen LogP contribution in [0.4, 0.5) is 11.4 Å². The lowest BCUT2D eigenvalue weighted by atomic mass is 10.1. The summed E-state index contributed by atoms with van der Waals surface area (Å²) in [5.41, 5.74) is 8.54. The van der Waals surface area contributed by atoms with Crippen LogP contribution in [0.15, 0.2) is 34.8 Å². The summed E-state index contributed by atoms with van der Waals surface area (Å²) in [5, 5.41) is 3.08. The largest absolute Gasteiger partial charge is 0.452 e. The number of nitrogens with two attached hydrogens (primary N) is 1. The fraction of sp³-hybridized carbons (Fsp3) is 0.176. The molecule has 0 aliphatic rings. The molecular weight excluding hydrogens is 396 g/mol. The smallest absolute Gasteiger partial charge is 0.340 e. The van der Waals surface area contributed by atoms with E-state index in [0.29, 0.717) is 15.2 Å². The van der Waals surface area contributed by atoms with Crippen LogP contribution >= 0.6 is 27.5 Å². The molecule has 2 rings (SSSR count). The van der Waals surface area contributed by atoms with Gasteiger partial charge in [-0.05, 0) is 49.2 Å². The number of nitrogen functional groups attached to an aromatic ring is 1. The molecule has 0 aliphatic heterocycles. The first-order valence-corrected chi connectivity index (χ1v) is 8.23. The molecule has 0 atom stereocenters. The molecule has 7 heteroatoms. The van der Waals surface area contributed by atoms with Gasteiger partial charge in [0.2, 0.25) is 0 Å². The summed E-state index contributed by atoms with van der Waals surface area (Å²) in [7, 11) is 0. The molecule has 0 fully saturated rings. The molecule has 24 heavy (non-hydrogen) atoms. The minimum Gasteiger partial charge on any atom is -0.452 e. The molecule has 1 amide bonds. The van der Waals surface area contributed by atoms with E-state index in [4.69, 9.17) is 22.1 Å². The molecule has 2 aromatic rings. The standard InChI is InChI=1S/C17H16BrClN2O3/c1-9-5-10(2)16(13(19)6-9)21-15(22)8-24-17(23)12-7-11(18)3-4-14(12)20/h3-7H,8,20H2,1-2H3,(H,21,22). The van der Waals surface area contributed by atoms with Gasteiger partial charge in [-0.25, -0.2) is 4.79 Å². The van der Waals surface area contributed by atoms with Gasteiger partial charge in [-0.1, -0.05) is 33.6 Å². The number of nitrogens with one attached hydrogen (secondary N) is 1. The Hall–Kier alpha value is -2.05. The summed E-state index contributed by atoms with van der Waals surface area (Å²) in [6.45, 7) is 3.31. The highest BCUT2D eigenvalue weighted by atomic mass is 79.9. The maximum absolute atomic E-state index is 12.0. The zero-order valence-corrected chi connectivity index (χ0v) is 15.5. The average molecular weight is 412 g/mol. The minimum atomic E-state index is -0.671. The maximum Gasteiger partial charge on any atom is 0.340 e. The molecule has 126 valence electrons. The lowest BCUT2D eigenvalue weighted by molar-refractivity contribution is -0.119. The Balaban J connectivity index is 2.01. The Morgan fingerprint density at radius 2 is 1.96 bits per heavy atom. The molecule has 5 nitrogen and oxygen atoms in total. The highest BCUT2D eigenvalue weighted by Gasteiger charge is 2.15. The van der Waals surface area contributed by atoms with Crippen molar-refractivity contribution in [2.75, 3.05) is 17.7 Å². The zero-order chi connectivity index (χ0) is 17.9. The van der Waals surface area contributed by atoms with Gasteiger partial charge < -0.3 is 15.8 Å². The van der Waals surface area contributed by atoms with E-state index in [0.717, 1.165) is 11.1 Å². The lowest BCUT2D eigenvalue weighted by Gasteiger charge is -2.12. The van der Waals surface area contributed by atoms with Gasteiger partial charge in [0.1, 0.15) is 0 Å². The predicted octanol–water partition coefficient (Wildman–Crippen LogP) is 4.10. The van der Waals surface area contributed by atoms with E-state index in [1.165, 1.54) is 6.07 Å². The molecule has 0 saturated heterocycles. The summed E-state index contributed by atoms with van der Waals surface area (Å²) < 4.78 is 5.70. The molecular formula is C17H16BrClN2O3. The molecule has 2 aromatic carbocycles. The molecule has 0 bridgehead atoms. The number of amides is 1. The van der Waals surface area contributed by atoms with Crippen molar-refractivity contribution >= 4 is 50.8 Å². The van der Waals surface area contributed by atoms with Crippen LogP contribution in [0.25, 0.3) is 0 Å². The number of halogens is 2. The number of anilines is 2. The van der Waals surface area contributed by atoms with Gasteiger partial charge >= 0.3 is 5.97 Å². The third kappa shape index (κ3) is 4.49. The number of benzene rings is 2. The molecule has 0 radical (unpaired) electrons. The van der Waals surface area contributed by atoms with Gasteiger partial charge in [0.15, 0.2) is 6.61 Å². The Bertz CT molecular complexity index is 785. The van der Waals surface area contributed by atoms with Crippen molar-refractivity contribution in [3.63, 3.8) is 0 Å². The minimum absolute atomic E-state index is 0.196. The van der Waals surface area contributed by atoms with Crippen LogP contribution < -0.4 is 11.1 Å². The fourth-order valence-corrected chi connectivity index (χ4v) is 2.89. The summed E-state index contributed by atoms with van der Waals surface area (Å²) in [5.74, 6) is -1.15. The Morgan fingerprint density at radius 1 is 1.25 bits per heavy atom. The summed E-state index contributed by atoms with van der Waals surface area (Å²) in [4.78, 5) is 24.0. The first-order chi connectivity index (χ1) is 11.3. The Kier molecular flexibility index (Phi) is 5.85. The van der Waals surface area contributed by atoms with E-state index in [-0.39, 0.29) is 11.3 Å². The van der Waals surface area contributed by atoms with E-state index >= 15 is 0 Å². The topological polar surface area (TPSA) is 81.4 Å². The molecule has 0 aromatic heterocycles. The SMILES string of the molecule is Cc1cc(C)c(NC(=O)COC(=O)c2cc(Br)ccc2N)c(Cl)c1. The van der Waals surface area contributed by atoms with Crippen molar-refractivity contribution < 1.29 is 14.3 Å². The van der Waals surface area contributed by atoms with Crippen molar-refractivity contribution in [2.24, 2.45) is 0 Å². The van der Waals surface area contributed by atoms with E-state index in [2.05, 4.69) is 21.2 Å². The molecule has 0 saturated carbocycles. The number of carbonyl (C=O) groups is 2. The average Bonchev–Trinajstić information content (AvgIpc) is 2.50. The van der Waals surface area contributed by atoms with E-state index in [9.17, 15) is 9.59 Å². The second-order valence-electron chi connectivity index (χ2n) is 5.29. The van der Waals surface area contributed by atoms with Gasteiger partial charge in [-0.2, -0.15) is 0 Å². The van der Waals surface area contributed by atoms with Crippen LogP contribution in [-0.4, -0.2) is 18.5 Å². The zero-order valence-electron chi connectivity index (χ0n) is 13.2. The first-order valence-electron chi connectivity index (χ1n) is 7.06. The summed E-state index contributed by atoms with van der Waals surface area (Å²) in [6, 6.07) is 8.47. The van der Waals surface area contributed by atoms with Crippen LogP contribution in [-0.2, 0) is 9.53 Å². The van der Waals surface area contributed by atoms with Crippen LogP contribution in [0.2, 0.25) is 5.02 Å². The van der Waals surface area contributed by atoms with Crippen molar-refractivity contribution in [1.29, 1.82) is 0 Å². The van der Waals surface area contributed by atoms with Gasteiger partial charge in [-0.3, -0.25) is 4.79 Å². The number of hydrogen-bond acceptors (Lipinski definition) is 4. The van der Waals surface area contributed by atoms with Gasteiger partial charge in [-0.15, -0.1) is 0 Å². The summed E-state index contributed by atoms with van der Waals surface area (Å²) in [6.07, 6.45) is 0. The van der Waals surface area contributed by atoms with Crippen LogP contribution in [0.1, 0.15) is 21.5 Å². The van der Waals surface area contributed by atoms with Crippen LogP contribution in [0, 0.1) is 13.8 Å². The second kappa shape index (κ2) is 7.68. The number of rotatable bonds is 4. The van der Waals surface area contributed by atoms with E-state index < -0.39 is 18.5 Å². The second-order valence-corrected chi connectivity index (χ2v) is 6.62. The van der Waals surface area contributed by atoms with Crippen molar-refractivity contribution in [3.8, 4) is 0 Å². The molecule has 0 spiro atoms. The van der Waals surface area contributed by atoms with Crippen molar-refractivity contribution in [2.45, 2.75) is 13.8 Å². The van der Waals surface area contributed by atoms with Crippen LogP contribution in [0.5, 0.6) is 0 Å². The van der Waals surface area contributed by atoms with Gasteiger partial charge in [0.05, 0.1) is 16.3 Å². The highest BCUT2D eigenvalue weighted by Crippen LogP contribution is 2.27. The number of ether oxygens (including phenoxy) is 1. The molecule has 3 N–H and O–H groups in total. The molecule has 0 aliphatic carbocycles. The quantitative estimate of drug-likeness (QED) is 0.586. The number of esters is 1. The lowest BCUT2D eigenvalue weighted by Crippen LogP contribution is -2.22.